The van der Waals surface area contributed by atoms with E-state index in [1.807, 2.05) is 130 Å². The second-order valence-corrected chi connectivity index (χ2v) is 16.3. The zero-order valence-corrected chi connectivity index (χ0v) is 35.2. The number of benzene rings is 6. The Balaban J connectivity index is 1.33. The van der Waals surface area contributed by atoms with Gasteiger partial charge >= 0.3 is 6.09 Å². The van der Waals surface area contributed by atoms with Gasteiger partial charge in [-0.1, -0.05) is 203 Å². The summed E-state index contributed by atoms with van der Waals surface area (Å²) < 4.78 is 14.3. The highest BCUT2D eigenvalue weighted by Gasteiger charge is 2.40. The molecule has 2 amide bonds. The second-order valence-electron chi connectivity index (χ2n) is 16.3. The lowest BCUT2D eigenvalue weighted by Crippen LogP contribution is -2.41. The number of anilines is 2. The summed E-state index contributed by atoms with van der Waals surface area (Å²) in [4.78, 5) is 25.8. The third-order valence-electron chi connectivity index (χ3n) is 11.2. The first-order valence-corrected chi connectivity index (χ1v) is 20.8. The minimum Gasteiger partial charge on any atom is -0.446 e. The van der Waals surface area contributed by atoms with Gasteiger partial charge in [-0.25, -0.2) is 9.48 Å². The summed E-state index contributed by atoms with van der Waals surface area (Å²) >= 11 is 0. The van der Waals surface area contributed by atoms with Crippen LogP contribution in [0.1, 0.15) is 60.6 Å². The average molecular weight is 828 g/mol. The Bertz CT molecular complexity index is 2300. The molecule has 1 unspecified atom stereocenters. The zero-order chi connectivity index (χ0) is 43.6. The maximum Gasteiger partial charge on any atom is 0.404 e. The minimum atomic E-state index is -1.55. The van der Waals surface area contributed by atoms with Crippen molar-refractivity contribution in [1.29, 1.82) is 0 Å². The molecule has 7 rings (SSSR count). The van der Waals surface area contributed by atoms with Crippen LogP contribution in [0.3, 0.4) is 0 Å². The summed E-state index contributed by atoms with van der Waals surface area (Å²) in [6.45, 7) is 5.98. The van der Waals surface area contributed by atoms with Crippen LogP contribution in [0.2, 0.25) is 0 Å². The van der Waals surface area contributed by atoms with Crippen LogP contribution in [-0.2, 0) is 32.0 Å². The SMILES string of the molecule is CC(C)(C)C(C[C@H](O)C(=O)Nc1cnn(CCOC(c2ccccc2)(c2ccccc2)c2ccccc2)c1NC(c1ccccc1)(c1ccccc1)c1ccccc1)OC(N)=O. The minimum absolute atomic E-state index is 0.175. The number of nitrogens with one attached hydrogen (secondary N) is 2. The number of amides is 2. The first kappa shape index (κ1) is 43.1. The lowest BCUT2D eigenvalue weighted by Gasteiger charge is -2.38. The van der Waals surface area contributed by atoms with Crippen molar-refractivity contribution in [2.45, 2.75) is 57.1 Å². The molecule has 0 spiro atoms. The van der Waals surface area contributed by atoms with Crippen molar-refractivity contribution in [2.24, 2.45) is 11.1 Å². The van der Waals surface area contributed by atoms with E-state index >= 15 is 0 Å². The monoisotopic (exact) mass is 827 g/mol. The number of rotatable bonds is 17. The van der Waals surface area contributed by atoms with Gasteiger partial charge in [-0.15, -0.1) is 0 Å². The smallest absolute Gasteiger partial charge is 0.404 e. The Hall–Kier alpha value is -7.01. The number of primary amides is 1. The number of hydrogen-bond acceptors (Lipinski definition) is 7. The highest BCUT2D eigenvalue weighted by molar-refractivity contribution is 5.96. The maximum absolute atomic E-state index is 14.0. The van der Waals surface area contributed by atoms with Gasteiger partial charge in [0.2, 0.25) is 0 Å². The summed E-state index contributed by atoms with van der Waals surface area (Å²) in [7, 11) is 0. The average Bonchev–Trinajstić information content (AvgIpc) is 3.67. The quantitative estimate of drug-likeness (QED) is 0.0671. The van der Waals surface area contributed by atoms with E-state index in [-0.39, 0.29) is 19.6 Å². The Morgan fingerprint density at radius 1 is 0.645 bits per heavy atom. The molecule has 0 bridgehead atoms. The predicted octanol–water partition coefficient (Wildman–Crippen LogP) is 9.50. The highest BCUT2D eigenvalue weighted by atomic mass is 16.6. The Morgan fingerprint density at radius 3 is 1.40 bits per heavy atom. The van der Waals surface area contributed by atoms with Crippen LogP contribution in [0.4, 0.5) is 16.3 Å². The van der Waals surface area contributed by atoms with E-state index in [1.54, 1.807) is 10.9 Å². The molecule has 0 aliphatic rings. The molecule has 2 atom stereocenters. The van der Waals surface area contributed by atoms with E-state index in [1.165, 1.54) is 0 Å². The van der Waals surface area contributed by atoms with E-state index in [0.29, 0.717) is 11.5 Å². The second kappa shape index (κ2) is 19.1. The van der Waals surface area contributed by atoms with E-state index in [4.69, 9.17) is 20.3 Å². The fourth-order valence-corrected chi connectivity index (χ4v) is 8.04. The molecular weight excluding hydrogens is 775 g/mol. The Kier molecular flexibility index (Phi) is 13.3. The fourth-order valence-electron chi connectivity index (χ4n) is 8.04. The van der Waals surface area contributed by atoms with Crippen LogP contribution < -0.4 is 16.4 Å². The van der Waals surface area contributed by atoms with E-state index in [9.17, 15) is 14.7 Å². The van der Waals surface area contributed by atoms with Crippen molar-refractivity contribution in [2.75, 3.05) is 17.2 Å². The molecular formula is C52H53N5O5. The van der Waals surface area contributed by atoms with Gasteiger partial charge in [0.25, 0.3) is 5.91 Å². The van der Waals surface area contributed by atoms with Crippen LogP contribution in [0.15, 0.2) is 188 Å². The van der Waals surface area contributed by atoms with Crippen molar-refractivity contribution < 1.29 is 24.2 Å². The number of aromatic nitrogens is 2. The molecule has 0 aliphatic carbocycles. The molecule has 316 valence electrons. The molecule has 0 saturated carbocycles. The van der Waals surface area contributed by atoms with E-state index in [2.05, 4.69) is 83.4 Å². The van der Waals surface area contributed by atoms with Crippen molar-refractivity contribution in [1.82, 2.24) is 9.78 Å². The molecule has 62 heavy (non-hydrogen) atoms. The summed E-state index contributed by atoms with van der Waals surface area (Å²) in [6, 6.07) is 60.8. The van der Waals surface area contributed by atoms with Gasteiger partial charge in [-0.2, -0.15) is 5.10 Å². The largest absolute Gasteiger partial charge is 0.446 e. The first-order valence-electron chi connectivity index (χ1n) is 20.8. The molecule has 5 N–H and O–H groups in total. The standard InChI is InChI=1S/C52H53N5O5/c1-50(2,3)46(62-49(53)60)36-45(58)48(59)55-44-37-54-57(34-35-61-52(41-28-16-7-17-29-41,42-30-18-8-19-31-42)43-32-20-9-21-33-43)47(44)56-51(38-22-10-4-11-23-38,39-24-12-5-13-25-39)40-26-14-6-15-27-40/h4-33,37,45-46,56,58H,34-36H2,1-3H3,(H2,53,60)(H,55,59)/t45-,46?/m0/s1. The third kappa shape index (κ3) is 9.32. The predicted molar refractivity (Wildman–Crippen MR) is 243 cm³/mol. The Morgan fingerprint density at radius 2 is 1.03 bits per heavy atom. The molecule has 0 aliphatic heterocycles. The Labute approximate surface area is 363 Å². The van der Waals surface area contributed by atoms with Crippen molar-refractivity contribution in [3.05, 3.63) is 222 Å². The maximum atomic E-state index is 14.0. The molecule has 7 aromatic rings. The number of ether oxygens (including phenoxy) is 2. The van der Waals surface area contributed by atoms with Gasteiger partial charge in [0, 0.05) is 6.42 Å². The number of nitrogens with two attached hydrogens (primary N) is 1. The van der Waals surface area contributed by atoms with E-state index in [0.717, 1.165) is 33.4 Å². The summed E-state index contributed by atoms with van der Waals surface area (Å²) in [5.41, 5.74) is 8.81. The van der Waals surface area contributed by atoms with Gasteiger partial charge in [-0.3, -0.25) is 4.79 Å². The number of hydrogen-bond donors (Lipinski definition) is 4. The summed E-state index contributed by atoms with van der Waals surface area (Å²) in [5, 5.41) is 23.1. The van der Waals surface area contributed by atoms with Crippen LogP contribution in [0.25, 0.3) is 0 Å². The summed E-state index contributed by atoms with van der Waals surface area (Å²) in [5.74, 6) is -0.233. The summed E-state index contributed by atoms with van der Waals surface area (Å²) in [6.07, 6.45) is -1.98. The molecule has 0 saturated heterocycles. The normalized spacial score (nSPS) is 12.8. The topological polar surface area (TPSA) is 141 Å². The first-order chi connectivity index (χ1) is 30.0. The number of carbonyl (C=O) groups excluding carboxylic acids is 2. The molecule has 1 heterocycles. The van der Waals surface area contributed by atoms with Gasteiger partial charge < -0.3 is 30.9 Å². The third-order valence-corrected chi connectivity index (χ3v) is 11.2. The molecule has 6 aromatic carbocycles. The lowest BCUT2D eigenvalue weighted by molar-refractivity contribution is -0.126. The van der Waals surface area contributed by atoms with Crippen molar-refractivity contribution >= 4 is 23.5 Å². The van der Waals surface area contributed by atoms with Crippen LogP contribution in [0.5, 0.6) is 0 Å². The number of carbonyl (C=O) groups is 2. The van der Waals surface area contributed by atoms with Crippen LogP contribution in [0, 0.1) is 5.41 Å². The number of nitrogens with zero attached hydrogens (tertiary/aromatic N) is 2. The molecule has 0 fully saturated rings. The zero-order valence-electron chi connectivity index (χ0n) is 35.2. The van der Waals surface area contributed by atoms with Crippen LogP contribution >= 0.6 is 0 Å². The fraction of sp³-hybridized carbons (Fsp3) is 0.212. The van der Waals surface area contributed by atoms with Crippen molar-refractivity contribution in [3.8, 4) is 0 Å². The molecule has 0 radical (unpaired) electrons. The van der Waals surface area contributed by atoms with Gasteiger partial charge in [0.1, 0.15) is 34.9 Å². The van der Waals surface area contributed by atoms with Crippen molar-refractivity contribution in [3.63, 3.8) is 0 Å². The highest BCUT2D eigenvalue weighted by Crippen LogP contribution is 2.43. The van der Waals surface area contributed by atoms with E-state index < -0.39 is 40.8 Å². The van der Waals surface area contributed by atoms with Gasteiger partial charge in [0.15, 0.2) is 0 Å². The van der Waals surface area contributed by atoms with Gasteiger partial charge in [-0.05, 0) is 38.8 Å². The molecule has 1 aromatic heterocycles. The van der Waals surface area contributed by atoms with Gasteiger partial charge in [0.05, 0.1) is 19.3 Å². The molecule has 10 nitrogen and oxygen atoms in total. The number of aliphatic hydroxyl groups excluding tert-OH is 1. The molecule has 10 heteroatoms. The van der Waals surface area contributed by atoms with Crippen LogP contribution in [-0.4, -0.2) is 45.7 Å². The number of aliphatic hydroxyl groups is 1. The lowest BCUT2D eigenvalue weighted by atomic mass is 9.77.